The summed E-state index contributed by atoms with van der Waals surface area (Å²) >= 11 is 3.34. The summed E-state index contributed by atoms with van der Waals surface area (Å²) in [5.74, 6) is -2.55. The van der Waals surface area contributed by atoms with E-state index in [1.54, 1.807) is 101 Å². The van der Waals surface area contributed by atoms with Gasteiger partial charge in [0.15, 0.2) is 11.4 Å². The van der Waals surface area contributed by atoms with Gasteiger partial charge < -0.3 is 65.0 Å². The van der Waals surface area contributed by atoms with Crippen molar-refractivity contribution in [2.24, 2.45) is 35.5 Å². The van der Waals surface area contributed by atoms with E-state index in [-0.39, 0.29) is 51.5 Å². The molecule has 2 saturated heterocycles. The molecule has 4 aliphatic heterocycles. The van der Waals surface area contributed by atoms with Gasteiger partial charge in [-0.3, -0.25) is 9.80 Å². The Morgan fingerprint density at radius 1 is 0.472 bits per heavy atom. The Labute approximate surface area is 862 Å². The Balaban J connectivity index is 0.000000243. The Hall–Kier alpha value is -8.48. The second kappa shape index (κ2) is 52.7. The zero-order valence-electron chi connectivity index (χ0n) is 87.0. The van der Waals surface area contributed by atoms with Crippen molar-refractivity contribution in [1.29, 1.82) is 0 Å². The van der Waals surface area contributed by atoms with Gasteiger partial charge in [-0.25, -0.2) is 19.6 Å². The van der Waals surface area contributed by atoms with E-state index in [0.29, 0.717) is 60.7 Å². The number of thioether (sulfide) groups is 1. The summed E-state index contributed by atoms with van der Waals surface area (Å²) in [4.78, 5) is 39.8. The van der Waals surface area contributed by atoms with Gasteiger partial charge in [0.05, 0.1) is 46.8 Å². The Bertz CT molecular complexity index is 5330. The number of hydrogen-bond donors (Lipinski definition) is 1. The quantitative estimate of drug-likeness (QED) is 0.0166. The third-order valence-electron chi connectivity index (χ3n) is 27.2. The average Bonchev–Trinajstić information content (AvgIpc) is 0.744. The predicted molar refractivity (Wildman–Crippen MR) is 554 cm³/mol. The molecule has 4 unspecified atom stereocenters. The van der Waals surface area contributed by atoms with E-state index in [1.807, 2.05) is 32.0 Å². The number of cyclic esters (lactones) is 2. The zero-order chi connectivity index (χ0) is 104. The molecule has 1 N–H and O–H groups in total. The zero-order valence-corrected chi connectivity index (χ0v) is 92.1. The Morgan fingerprint density at radius 3 is 1.09 bits per heavy atom. The fourth-order valence-corrected chi connectivity index (χ4v) is 30.7. The van der Waals surface area contributed by atoms with Gasteiger partial charge in [0, 0.05) is 140 Å². The summed E-state index contributed by atoms with van der Waals surface area (Å²) in [5, 5.41) is 17.0. The SMILES string of the molecule is CC1C(N(Cc2ccccc2)Cc2ccccc2)C[C@@H](C)O[C@H]1Sc1ncccn1.CO[C@](C)(C[C@@H](C)CO[Si](c1ccccc1)(c1ccccc1)C(C)(C)C)[C@H](O)[C@@H](C)C1=C(C)C(=O)OC(C)(C)O1.CO[C@](C)(C[C@@H](C)CO[Si](c1ccccc1)(c1ccccc1)C(C)(C)C)[C@H](O[C@@H]1O[C@H](C)CC(N(Cc2ccccc2)Cc2ccccc2)C1C)[C@@H](C)C1=C(C)C(=O)OC(C)(C)O1.O=[S-](=O)C(F)(F)F.[O]=[Ag]. The van der Waals surface area contributed by atoms with Crippen molar-refractivity contribution in [2.75, 3.05) is 27.4 Å². The van der Waals surface area contributed by atoms with Gasteiger partial charge >= 0.3 is 41.7 Å². The summed E-state index contributed by atoms with van der Waals surface area (Å²) in [6.07, 6.45) is 4.62. The number of aromatic nitrogens is 2. The molecule has 0 spiro atoms. The number of aliphatic hydroxyl groups is 1. The molecule has 9 aromatic rings. The number of carbonyl (C=O) groups is 2. The summed E-state index contributed by atoms with van der Waals surface area (Å²) in [5.41, 5.74) is -0.822. The number of nitrogens with zero attached hydrogens (tertiary/aromatic N) is 4. The number of carbonyl (C=O) groups excluding carboxylic acids is 2. The summed E-state index contributed by atoms with van der Waals surface area (Å²) in [6.45, 7) is 49.8. The standard InChI is InChI=1S/C54H73NO7Si.C33H48O6Si.C25H29N3OS.CF3O2S.Ag.O/c1-38(37-58-63(52(6,7)8,45-29-21-15-22-30-45)46-31-23-16-24-32-46)34-54(11,57-12)49(41(4)48-42(5)50(56)62-53(9,10)61-48)60-51-40(3)47(33-39(2)59-51)55(35-43-25-17-13-18-26-43)36-44-27-19-14-20-28-44;1-23(21-33(9,36-10)29(34)24(2)28-25(3)30(35)39-32(7,8)38-28)22-37-40(31(4,5)6,26-17-13-11-14-18-26)27-19-15-12-16-20-27;1-19-16-23(20(2)24(29-19)30-25-26-14-9-15-27-25)28(17-21-10-5-3-6-11-21)18-22-12-7-4-8-13-22;2-1(3,4)7(5)6;;/h13-32,38-41,47,49,51H,33-37H2,1-12H3;11-20,23-24,29,34H,21-22H2,1-10H3;3-15,19-20,23-24H,16-18H2,1-2H3;;;/q;;;-1;;/t38-,39-,40?,41+,47?,49-,51+,54-;23-,24+,29-,33-;19-,20?,23?,24+;;;/m111.../s1. The van der Waals surface area contributed by atoms with Crippen LogP contribution in [0.2, 0.25) is 10.1 Å². The molecule has 16 atom stereocenters. The summed E-state index contributed by atoms with van der Waals surface area (Å²) in [7, 11) is -6.05. The Kier molecular flexibility index (Phi) is 43.5. The van der Waals surface area contributed by atoms with Crippen molar-refractivity contribution in [1.82, 2.24) is 19.8 Å². The molecule has 142 heavy (non-hydrogen) atoms. The molecule has 5 heterocycles. The maximum atomic E-state index is 13.4. The summed E-state index contributed by atoms with van der Waals surface area (Å²) < 4.78 is 129. The normalized spacial score (nSPS) is 21.5. The molecule has 2 fully saturated rings. The maximum absolute atomic E-state index is 13.4. The number of ether oxygens (including phenoxy) is 9. The molecule has 0 amide bonds. The van der Waals surface area contributed by atoms with Gasteiger partial charge in [-0.05, 0) is 138 Å². The first kappa shape index (κ1) is 117. The molecule has 13 rings (SSSR count). The van der Waals surface area contributed by atoms with Gasteiger partial charge in [0.1, 0.15) is 17.0 Å². The number of rotatable bonds is 36. The number of halogens is 3. The van der Waals surface area contributed by atoms with Crippen LogP contribution in [0.15, 0.2) is 289 Å². The van der Waals surface area contributed by atoms with Gasteiger partial charge in [-0.2, -0.15) is 13.2 Å². The molecular weight excluding hydrogens is 1970 g/mol. The third kappa shape index (κ3) is 31.3. The molecule has 8 aromatic carbocycles. The average molecular weight is 2120 g/mol. The first-order valence-electron chi connectivity index (χ1n) is 48.9. The van der Waals surface area contributed by atoms with Gasteiger partial charge in [0.25, 0.3) is 16.6 Å². The van der Waals surface area contributed by atoms with Crippen molar-refractivity contribution in [3.05, 3.63) is 306 Å². The van der Waals surface area contributed by atoms with Crippen LogP contribution in [0.1, 0.15) is 200 Å². The van der Waals surface area contributed by atoms with Crippen molar-refractivity contribution < 1.29 is 112 Å². The van der Waals surface area contributed by atoms with Crippen LogP contribution in [-0.2, 0) is 131 Å². The number of hydrogen-bond acceptors (Lipinski definition) is 23. The molecule has 0 bridgehead atoms. The van der Waals surface area contributed by atoms with Crippen LogP contribution in [0.5, 0.6) is 0 Å². The van der Waals surface area contributed by atoms with E-state index < -0.39 is 97.9 Å². The second-order valence-corrected chi connectivity index (χ2v) is 52.1. The van der Waals surface area contributed by atoms with Crippen LogP contribution in [0, 0.1) is 35.5 Å². The fourth-order valence-electron chi connectivity index (χ4n) is 20.2. The van der Waals surface area contributed by atoms with Gasteiger partial charge in [0.2, 0.25) is 11.6 Å². The molecular formula is C113H150AgF3N4O17S2Si2-. The van der Waals surface area contributed by atoms with Crippen LogP contribution in [0.25, 0.3) is 0 Å². The van der Waals surface area contributed by atoms with E-state index >= 15 is 0 Å². The molecule has 4 aliphatic rings. The minimum absolute atomic E-state index is 0.0240. The fraction of sp³-hybridized carbons (Fsp3) is 0.487. The summed E-state index contributed by atoms with van der Waals surface area (Å²) in [6, 6.07) is 88.0. The number of benzene rings is 8. The van der Waals surface area contributed by atoms with Crippen molar-refractivity contribution in [2.45, 2.75) is 296 Å². The van der Waals surface area contributed by atoms with Gasteiger partial charge in [-0.15, -0.1) is 0 Å². The van der Waals surface area contributed by atoms with Gasteiger partial charge in [-0.1, -0.05) is 338 Å². The molecule has 777 valence electrons. The van der Waals surface area contributed by atoms with E-state index in [4.69, 9.17) is 63.2 Å². The molecule has 29 heteroatoms. The van der Waals surface area contributed by atoms with Crippen LogP contribution < -0.4 is 20.7 Å². The van der Waals surface area contributed by atoms with Crippen molar-refractivity contribution >= 4 is 71.8 Å². The molecule has 0 aliphatic carbocycles. The van der Waals surface area contributed by atoms with E-state index in [2.05, 4.69) is 347 Å². The third-order valence-corrected chi connectivity index (χ3v) is 38.8. The van der Waals surface area contributed by atoms with E-state index in [1.165, 1.54) is 43.0 Å². The van der Waals surface area contributed by atoms with E-state index in [0.717, 1.165) is 44.2 Å². The number of methoxy groups -OCH3 is 2. The first-order valence-corrected chi connectivity index (χ1v) is 55.3. The number of esters is 2. The predicted octanol–water partition coefficient (Wildman–Crippen LogP) is 22.1. The number of aliphatic hydroxyl groups excluding tert-OH is 1. The monoisotopic (exact) mass is 2120 g/mol. The first-order chi connectivity index (χ1) is 67.1. The van der Waals surface area contributed by atoms with Crippen LogP contribution in [-0.4, -0.2) is 157 Å². The van der Waals surface area contributed by atoms with Crippen LogP contribution >= 0.6 is 11.8 Å². The van der Waals surface area contributed by atoms with Crippen molar-refractivity contribution in [3.63, 3.8) is 0 Å². The number of alkyl halides is 3. The van der Waals surface area contributed by atoms with Crippen LogP contribution in [0.3, 0.4) is 0 Å². The molecule has 0 saturated carbocycles. The Morgan fingerprint density at radius 2 is 0.775 bits per heavy atom. The molecule has 21 nitrogen and oxygen atoms in total. The minimum atomic E-state index is -5.08. The van der Waals surface area contributed by atoms with E-state index in [9.17, 15) is 27.9 Å². The van der Waals surface area contributed by atoms with Crippen LogP contribution in [0.4, 0.5) is 13.2 Å². The molecule has 1 aromatic heterocycles. The second-order valence-electron chi connectivity index (χ2n) is 41.5. The topological polar surface area (TPSA) is 239 Å². The molecule has 0 radical (unpaired) electrons. The van der Waals surface area contributed by atoms with Crippen molar-refractivity contribution in [3.8, 4) is 0 Å².